The number of hydrogen-bond donors (Lipinski definition) is 0. The molecule has 2 aliphatic heterocycles. The SMILES string of the molecule is O=C(CC1CCOc2ccccc21)N1CCc2ccccc21. The van der Waals surface area contributed by atoms with Gasteiger partial charge in [-0.3, -0.25) is 4.79 Å². The molecular formula is C19H19NO2. The Morgan fingerprint density at radius 1 is 1.14 bits per heavy atom. The molecule has 0 aliphatic carbocycles. The average Bonchev–Trinajstić information content (AvgIpc) is 2.99. The van der Waals surface area contributed by atoms with Crippen molar-refractivity contribution in [3.8, 4) is 5.75 Å². The van der Waals surface area contributed by atoms with Crippen molar-refractivity contribution in [3.05, 3.63) is 59.7 Å². The minimum absolute atomic E-state index is 0.228. The van der Waals surface area contributed by atoms with Gasteiger partial charge in [-0.25, -0.2) is 0 Å². The van der Waals surface area contributed by atoms with E-state index < -0.39 is 0 Å². The molecule has 1 amide bonds. The third-order valence-corrected chi connectivity index (χ3v) is 4.69. The molecule has 112 valence electrons. The fourth-order valence-electron chi connectivity index (χ4n) is 3.55. The van der Waals surface area contributed by atoms with Gasteiger partial charge < -0.3 is 9.64 Å². The highest BCUT2D eigenvalue weighted by Crippen LogP contribution is 2.37. The zero-order chi connectivity index (χ0) is 14.9. The summed E-state index contributed by atoms with van der Waals surface area (Å²) in [5, 5.41) is 0. The van der Waals surface area contributed by atoms with Crippen LogP contribution in [0, 0.1) is 0 Å². The molecule has 0 saturated heterocycles. The van der Waals surface area contributed by atoms with Crippen molar-refractivity contribution < 1.29 is 9.53 Å². The number of rotatable bonds is 2. The summed E-state index contributed by atoms with van der Waals surface area (Å²) >= 11 is 0. The lowest BCUT2D eigenvalue weighted by molar-refractivity contribution is -0.119. The van der Waals surface area contributed by atoms with E-state index >= 15 is 0 Å². The van der Waals surface area contributed by atoms with Crippen molar-refractivity contribution in [2.24, 2.45) is 0 Å². The fraction of sp³-hybridized carbons (Fsp3) is 0.316. The van der Waals surface area contributed by atoms with Crippen LogP contribution >= 0.6 is 0 Å². The van der Waals surface area contributed by atoms with Gasteiger partial charge in [0, 0.05) is 18.7 Å². The van der Waals surface area contributed by atoms with Crippen LogP contribution in [0.5, 0.6) is 5.75 Å². The first-order chi connectivity index (χ1) is 10.8. The highest BCUT2D eigenvalue weighted by molar-refractivity contribution is 5.95. The molecule has 1 unspecified atom stereocenters. The zero-order valence-corrected chi connectivity index (χ0v) is 12.5. The molecule has 2 heterocycles. The van der Waals surface area contributed by atoms with Gasteiger partial charge in [0.1, 0.15) is 5.75 Å². The lowest BCUT2D eigenvalue weighted by Crippen LogP contribution is -2.31. The maximum absolute atomic E-state index is 12.8. The van der Waals surface area contributed by atoms with E-state index in [-0.39, 0.29) is 11.8 Å². The van der Waals surface area contributed by atoms with E-state index in [0.717, 1.165) is 30.8 Å². The van der Waals surface area contributed by atoms with Gasteiger partial charge in [-0.15, -0.1) is 0 Å². The van der Waals surface area contributed by atoms with Crippen LogP contribution in [-0.4, -0.2) is 19.1 Å². The predicted octanol–water partition coefficient (Wildman–Crippen LogP) is 3.53. The normalized spacial score (nSPS) is 19.3. The van der Waals surface area contributed by atoms with Crippen LogP contribution in [0.4, 0.5) is 5.69 Å². The summed E-state index contributed by atoms with van der Waals surface area (Å²) in [6, 6.07) is 16.3. The van der Waals surface area contributed by atoms with Crippen molar-refractivity contribution in [1.82, 2.24) is 0 Å². The summed E-state index contributed by atoms with van der Waals surface area (Å²) in [5.41, 5.74) is 3.55. The number of nitrogens with zero attached hydrogens (tertiary/aromatic N) is 1. The van der Waals surface area contributed by atoms with Crippen LogP contribution in [0.25, 0.3) is 0 Å². The molecule has 1 atom stereocenters. The lowest BCUT2D eigenvalue weighted by Gasteiger charge is -2.27. The minimum atomic E-state index is 0.228. The highest BCUT2D eigenvalue weighted by atomic mass is 16.5. The number of carbonyl (C=O) groups excluding carboxylic acids is 1. The number of ether oxygens (including phenoxy) is 1. The van der Waals surface area contributed by atoms with Crippen molar-refractivity contribution in [3.63, 3.8) is 0 Å². The minimum Gasteiger partial charge on any atom is -0.493 e. The summed E-state index contributed by atoms with van der Waals surface area (Å²) in [5.74, 6) is 1.44. The van der Waals surface area contributed by atoms with Gasteiger partial charge in [-0.1, -0.05) is 36.4 Å². The molecule has 3 heteroatoms. The monoisotopic (exact) mass is 293 g/mol. The van der Waals surface area contributed by atoms with Crippen molar-refractivity contribution in [1.29, 1.82) is 0 Å². The highest BCUT2D eigenvalue weighted by Gasteiger charge is 2.29. The molecule has 2 aromatic rings. The molecular weight excluding hydrogens is 274 g/mol. The van der Waals surface area contributed by atoms with Crippen molar-refractivity contribution >= 4 is 11.6 Å². The van der Waals surface area contributed by atoms with Gasteiger partial charge >= 0.3 is 0 Å². The fourth-order valence-corrected chi connectivity index (χ4v) is 3.55. The van der Waals surface area contributed by atoms with Gasteiger partial charge in [0.25, 0.3) is 0 Å². The van der Waals surface area contributed by atoms with Gasteiger partial charge in [0.2, 0.25) is 5.91 Å². The Morgan fingerprint density at radius 3 is 2.91 bits per heavy atom. The van der Waals surface area contributed by atoms with Crippen LogP contribution in [0.2, 0.25) is 0 Å². The number of fused-ring (bicyclic) bond motifs is 2. The molecule has 4 rings (SSSR count). The van der Waals surface area contributed by atoms with Gasteiger partial charge in [-0.05, 0) is 42.0 Å². The summed E-state index contributed by atoms with van der Waals surface area (Å²) in [4.78, 5) is 14.7. The molecule has 0 spiro atoms. The maximum atomic E-state index is 12.8. The molecule has 0 saturated carbocycles. The third kappa shape index (κ3) is 2.27. The summed E-state index contributed by atoms with van der Waals surface area (Å²) in [7, 11) is 0. The Hall–Kier alpha value is -2.29. The van der Waals surface area contributed by atoms with E-state index in [1.807, 2.05) is 35.2 Å². The standard InChI is InChI=1S/C19H19NO2/c21-19(20-11-9-14-5-1-3-7-17(14)20)13-15-10-12-22-18-8-4-2-6-16(15)18/h1-8,15H,9-13H2. The molecule has 0 N–H and O–H groups in total. The van der Waals surface area contributed by atoms with Gasteiger partial charge in [0.15, 0.2) is 0 Å². The molecule has 0 radical (unpaired) electrons. The lowest BCUT2D eigenvalue weighted by atomic mass is 9.90. The Labute approximate surface area is 130 Å². The smallest absolute Gasteiger partial charge is 0.227 e. The third-order valence-electron chi connectivity index (χ3n) is 4.69. The number of benzene rings is 2. The zero-order valence-electron chi connectivity index (χ0n) is 12.5. The van der Waals surface area contributed by atoms with E-state index in [0.29, 0.717) is 13.0 Å². The van der Waals surface area contributed by atoms with Gasteiger partial charge in [0.05, 0.1) is 6.61 Å². The Bertz CT molecular complexity index is 710. The molecule has 22 heavy (non-hydrogen) atoms. The van der Waals surface area contributed by atoms with Crippen molar-refractivity contribution in [2.75, 3.05) is 18.1 Å². The first-order valence-electron chi connectivity index (χ1n) is 7.93. The summed E-state index contributed by atoms with van der Waals surface area (Å²) in [6.45, 7) is 1.51. The number of para-hydroxylation sites is 2. The van der Waals surface area contributed by atoms with Gasteiger partial charge in [-0.2, -0.15) is 0 Å². The second-order valence-electron chi connectivity index (χ2n) is 6.00. The second-order valence-corrected chi connectivity index (χ2v) is 6.00. The molecule has 2 aliphatic rings. The predicted molar refractivity (Wildman–Crippen MR) is 86.4 cm³/mol. The Kier molecular flexibility index (Phi) is 3.34. The molecule has 0 bridgehead atoms. The van der Waals surface area contributed by atoms with E-state index in [4.69, 9.17) is 4.74 Å². The first-order valence-corrected chi connectivity index (χ1v) is 7.93. The Morgan fingerprint density at radius 2 is 1.95 bits per heavy atom. The number of amides is 1. The van der Waals surface area contributed by atoms with Crippen molar-refractivity contribution in [2.45, 2.75) is 25.2 Å². The molecule has 2 aromatic carbocycles. The van der Waals surface area contributed by atoms with E-state index in [2.05, 4.69) is 18.2 Å². The van der Waals surface area contributed by atoms with E-state index in [1.165, 1.54) is 11.1 Å². The van der Waals surface area contributed by atoms with Crippen LogP contribution in [0.3, 0.4) is 0 Å². The van der Waals surface area contributed by atoms with Crippen LogP contribution in [-0.2, 0) is 11.2 Å². The number of hydrogen-bond acceptors (Lipinski definition) is 2. The largest absolute Gasteiger partial charge is 0.493 e. The van der Waals surface area contributed by atoms with Crippen LogP contribution in [0.1, 0.15) is 29.9 Å². The molecule has 3 nitrogen and oxygen atoms in total. The summed E-state index contributed by atoms with van der Waals surface area (Å²) in [6.07, 6.45) is 2.44. The molecule has 0 fully saturated rings. The average molecular weight is 293 g/mol. The maximum Gasteiger partial charge on any atom is 0.227 e. The first kappa shape index (κ1) is 13.4. The quantitative estimate of drug-likeness (QED) is 0.847. The van der Waals surface area contributed by atoms with E-state index in [1.54, 1.807) is 0 Å². The van der Waals surface area contributed by atoms with Crippen LogP contribution in [0.15, 0.2) is 48.5 Å². The topological polar surface area (TPSA) is 29.5 Å². The van der Waals surface area contributed by atoms with E-state index in [9.17, 15) is 4.79 Å². The second kappa shape index (κ2) is 5.48. The summed E-state index contributed by atoms with van der Waals surface area (Å²) < 4.78 is 5.69. The number of anilines is 1. The molecule has 0 aromatic heterocycles. The Balaban J connectivity index is 1.54. The van der Waals surface area contributed by atoms with Crippen LogP contribution < -0.4 is 9.64 Å². The number of carbonyl (C=O) groups is 1.